The summed E-state index contributed by atoms with van der Waals surface area (Å²) in [7, 11) is 0. The first kappa shape index (κ1) is 21.4. The Morgan fingerprint density at radius 1 is 1.29 bits per heavy atom. The van der Waals surface area contributed by atoms with Crippen molar-refractivity contribution in [3.63, 3.8) is 0 Å². The molecule has 10 heteroatoms. The van der Waals surface area contributed by atoms with Gasteiger partial charge in [-0.25, -0.2) is 4.79 Å². The van der Waals surface area contributed by atoms with Crippen molar-refractivity contribution in [1.29, 1.82) is 0 Å². The molecule has 0 aliphatic carbocycles. The molecule has 2 amide bonds. The summed E-state index contributed by atoms with van der Waals surface area (Å²) in [6.45, 7) is 2.85. The minimum absolute atomic E-state index is 0.00551. The maximum atomic E-state index is 12.4. The molecule has 1 aromatic heterocycles. The van der Waals surface area contributed by atoms with E-state index in [1.165, 1.54) is 0 Å². The fraction of sp³-hybridized carbons (Fsp3) is 0.571. The first-order chi connectivity index (χ1) is 15.1. The van der Waals surface area contributed by atoms with Crippen LogP contribution < -0.4 is 20.1 Å². The minimum atomic E-state index is -0.451. The summed E-state index contributed by atoms with van der Waals surface area (Å²) in [5.41, 5.74) is 1.60. The highest BCUT2D eigenvalue weighted by Crippen LogP contribution is 2.34. The molecule has 0 unspecified atom stereocenters. The van der Waals surface area contributed by atoms with E-state index in [4.69, 9.17) is 14.2 Å². The molecule has 10 nitrogen and oxygen atoms in total. The Morgan fingerprint density at radius 3 is 3.00 bits per heavy atom. The molecule has 3 atom stereocenters. The standard InChI is InChI=1S/C21H29N5O5/c1-2-3-15-11-26(25-24-15)9-8-16-5-6-17(20(12-27)31-16)23-21(28)22-14-4-7-18-19(10-14)30-13-29-18/h4,7,10-11,16-17,20,27H,2-3,5-6,8-9,12-13H2,1H3,(H2,22,23,28)/t16-,17+,20-/m0/s1. The number of rotatable bonds is 8. The molecule has 1 saturated heterocycles. The fourth-order valence-corrected chi connectivity index (χ4v) is 3.91. The largest absolute Gasteiger partial charge is 0.454 e. The number of carbonyl (C=O) groups excluding carboxylic acids is 1. The number of carbonyl (C=O) groups is 1. The predicted octanol–water partition coefficient (Wildman–Crippen LogP) is 2.08. The Balaban J connectivity index is 1.24. The third-order valence-electron chi connectivity index (χ3n) is 5.51. The monoisotopic (exact) mass is 431 g/mol. The summed E-state index contributed by atoms with van der Waals surface area (Å²) in [6.07, 6.45) is 5.79. The second-order valence-electron chi connectivity index (χ2n) is 7.84. The van der Waals surface area contributed by atoms with Crippen LogP contribution >= 0.6 is 0 Å². The van der Waals surface area contributed by atoms with Gasteiger partial charge in [-0.15, -0.1) is 5.10 Å². The summed E-state index contributed by atoms with van der Waals surface area (Å²) in [4.78, 5) is 12.4. The number of aliphatic hydroxyl groups is 1. The lowest BCUT2D eigenvalue weighted by atomic mass is 9.97. The molecule has 3 N–H and O–H groups in total. The van der Waals surface area contributed by atoms with Crippen molar-refractivity contribution in [1.82, 2.24) is 20.3 Å². The quantitative estimate of drug-likeness (QED) is 0.585. The maximum Gasteiger partial charge on any atom is 0.319 e. The first-order valence-corrected chi connectivity index (χ1v) is 10.8. The molecule has 0 radical (unpaired) electrons. The maximum absolute atomic E-state index is 12.4. The molecule has 1 aromatic carbocycles. The number of ether oxygens (including phenoxy) is 3. The average Bonchev–Trinajstić information content (AvgIpc) is 3.42. The van der Waals surface area contributed by atoms with Crippen molar-refractivity contribution in [2.24, 2.45) is 0 Å². The van der Waals surface area contributed by atoms with Gasteiger partial charge in [0.15, 0.2) is 11.5 Å². The molecule has 0 saturated carbocycles. The molecule has 31 heavy (non-hydrogen) atoms. The third kappa shape index (κ3) is 5.45. The second kappa shape index (κ2) is 9.97. The van der Waals surface area contributed by atoms with Gasteiger partial charge in [0.05, 0.1) is 24.4 Å². The van der Waals surface area contributed by atoms with Gasteiger partial charge in [0, 0.05) is 24.5 Å². The number of aliphatic hydroxyl groups excluding tert-OH is 1. The van der Waals surface area contributed by atoms with Gasteiger partial charge in [0.2, 0.25) is 6.79 Å². The molecule has 0 bridgehead atoms. The highest BCUT2D eigenvalue weighted by Gasteiger charge is 2.32. The van der Waals surface area contributed by atoms with Crippen molar-refractivity contribution >= 4 is 11.7 Å². The number of hydrogen-bond acceptors (Lipinski definition) is 7. The zero-order valence-corrected chi connectivity index (χ0v) is 17.6. The van der Waals surface area contributed by atoms with Crippen LogP contribution in [0.4, 0.5) is 10.5 Å². The van der Waals surface area contributed by atoms with E-state index in [0.29, 0.717) is 23.7 Å². The van der Waals surface area contributed by atoms with E-state index in [1.807, 2.05) is 10.9 Å². The van der Waals surface area contributed by atoms with Crippen LogP contribution in [-0.2, 0) is 17.7 Å². The van der Waals surface area contributed by atoms with Crippen LogP contribution in [0.25, 0.3) is 0 Å². The minimum Gasteiger partial charge on any atom is -0.454 e. The fourth-order valence-electron chi connectivity index (χ4n) is 3.91. The lowest BCUT2D eigenvalue weighted by Crippen LogP contribution is -2.52. The van der Waals surface area contributed by atoms with Gasteiger partial charge in [-0.3, -0.25) is 4.68 Å². The number of amides is 2. The van der Waals surface area contributed by atoms with E-state index >= 15 is 0 Å². The van der Waals surface area contributed by atoms with Crippen LogP contribution in [0, 0.1) is 0 Å². The highest BCUT2D eigenvalue weighted by atomic mass is 16.7. The van der Waals surface area contributed by atoms with E-state index < -0.39 is 6.10 Å². The number of aryl methyl sites for hydroxylation is 2. The van der Waals surface area contributed by atoms with Crippen LogP contribution in [0.5, 0.6) is 11.5 Å². The predicted molar refractivity (Wildman–Crippen MR) is 112 cm³/mol. The molecule has 0 spiro atoms. The highest BCUT2D eigenvalue weighted by molar-refractivity contribution is 5.90. The van der Waals surface area contributed by atoms with Gasteiger partial charge in [-0.05, 0) is 37.8 Å². The molecule has 168 valence electrons. The molecule has 4 rings (SSSR count). The number of urea groups is 1. The first-order valence-electron chi connectivity index (χ1n) is 10.8. The summed E-state index contributed by atoms with van der Waals surface area (Å²) in [5, 5.41) is 23.8. The van der Waals surface area contributed by atoms with Crippen LogP contribution in [0.2, 0.25) is 0 Å². The van der Waals surface area contributed by atoms with Crippen LogP contribution in [0.1, 0.15) is 38.3 Å². The number of hydrogen-bond donors (Lipinski definition) is 3. The van der Waals surface area contributed by atoms with Gasteiger partial charge in [-0.2, -0.15) is 0 Å². The van der Waals surface area contributed by atoms with Crippen LogP contribution in [0.15, 0.2) is 24.4 Å². The van der Waals surface area contributed by atoms with Gasteiger partial charge < -0.3 is 30.0 Å². The topological polar surface area (TPSA) is 120 Å². The van der Waals surface area contributed by atoms with E-state index in [2.05, 4.69) is 27.9 Å². The average molecular weight is 431 g/mol. The van der Waals surface area contributed by atoms with Gasteiger partial charge in [0.25, 0.3) is 0 Å². The Hall–Kier alpha value is -2.85. The van der Waals surface area contributed by atoms with E-state index in [-0.39, 0.29) is 31.6 Å². The number of fused-ring (bicyclic) bond motifs is 1. The van der Waals surface area contributed by atoms with Crippen molar-refractivity contribution in [2.75, 3.05) is 18.7 Å². The molecule has 2 aromatic rings. The van der Waals surface area contributed by atoms with Crippen LogP contribution in [0.3, 0.4) is 0 Å². The Morgan fingerprint density at radius 2 is 2.16 bits per heavy atom. The molecular weight excluding hydrogens is 402 g/mol. The lowest BCUT2D eigenvalue weighted by molar-refractivity contribution is -0.0905. The number of benzene rings is 1. The van der Waals surface area contributed by atoms with Gasteiger partial charge in [-0.1, -0.05) is 18.6 Å². The Kier molecular flexibility index (Phi) is 6.88. The molecular formula is C21H29N5O5. The summed E-state index contributed by atoms with van der Waals surface area (Å²) >= 11 is 0. The molecule has 2 aliphatic rings. The Labute approximate surface area is 180 Å². The zero-order valence-electron chi connectivity index (χ0n) is 17.6. The van der Waals surface area contributed by atoms with Gasteiger partial charge in [0.1, 0.15) is 6.10 Å². The summed E-state index contributed by atoms with van der Waals surface area (Å²) < 4.78 is 18.5. The van der Waals surface area contributed by atoms with Crippen LogP contribution in [-0.4, -0.2) is 57.8 Å². The Bertz CT molecular complexity index is 889. The lowest BCUT2D eigenvalue weighted by Gasteiger charge is -2.36. The molecule has 2 aliphatic heterocycles. The summed E-state index contributed by atoms with van der Waals surface area (Å²) in [5.74, 6) is 1.26. The van der Waals surface area contributed by atoms with Gasteiger partial charge >= 0.3 is 6.03 Å². The van der Waals surface area contributed by atoms with Crippen molar-refractivity contribution in [2.45, 2.75) is 63.8 Å². The third-order valence-corrected chi connectivity index (χ3v) is 5.51. The zero-order chi connectivity index (χ0) is 21.6. The number of anilines is 1. The smallest absolute Gasteiger partial charge is 0.319 e. The normalized spacial score (nSPS) is 22.3. The summed E-state index contributed by atoms with van der Waals surface area (Å²) in [6, 6.07) is 4.60. The van der Waals surface area contributed by atoms with Crippen molar-refractivity contribution in [3.05, 3.63) is 30.1 Å². The molecule has 1 fully saturated rings. The second-order valence-corrected chi connectivity index (χ2v) is 7.84. The van der Waals surface area contributed by atoms with Crippen molar-refractivity contribution in [3.8, 4) is 11.5 Å². The van der Waals surface area contributed by atoms with E-state index in [9.17, 15) is 9.90 Å². The number of aromatic nitrogens is 3. The number of nitrogens with one attached hydrogen (secondary N) is 2. The molecule has 3 heterocycles. The SMILES string of the molecule is CCCc1cn(CC[C@@H]2CC[C@@H](NC(=O)Nc3ccc4c(c3)OCO4)[C@H](CO)O2)nn1. The number of nitrogens with zero attached hydrogens (tertiary/aromatic N) is 3. The van der Waals surface area contributed by atoms with E-state index in [1.54, 1.807) is 18.2 Å². The van der Waals surface area contributed by atoms with E-state index in [0.717, 1.165) is 37.8 Å². The van der Waals surface area contributed by atoms with Crippen molar-refractivity contribution < 1.29 is 24.1 Å².